The van der Waals surface area contributed by atoms with E-state index in [2.05, 4.69) is 0 Å². The summed E-state index contributed by atoms with van der Waals surface area (Å²) in [5, 5.41) is 9.50. The number of aliphatic carboxylic acids is 1. The Hall–Kier alpha value is -1.84. The van der Waals surface area contributed by atoms with Gasteiger partial charge in [-0.05, 0) is 37.7 Å². The topological polar surface area (TPSA) is 57.6 Å². The Bertz CT molecular complexity index is 518. The Morgan fingerprint density at radius 2 is 1.85 bits per heavy atom. The predicted octanol–water partition coefficient (Wildman–Crippen LogP) is 2.23. The molecule has 0 atom stereocenters. The Labute approximate surface area is 118 Å². The maximum atomic E-state index is 12.5. The Morgan fingerprint density at radius 1 is 1.20 bits per heavy atom. The van der Waals surface area contributed by atoms with Gasteiger partial charge in [-0.2, -0.15) is 0 Å². The van der Waals surface area contributed by atoms with Gasteiger partial charge < -0.3 is 10.0 Å². The van der Waals surface area contributed by atoms with Gasteiger partial charge >= 0.3 is 5.97 Å². The highest BCUT2D eigenvalue weighted by atomic mass is 16.4. The molecular formula is C16H19NO3. The van der Waals surface area contributed by atoms with Crippen molar-refractivity contribution in [3.05, 3.63) is 35.9 Å². The van der Waals surface area contributed by atoms with Gasteiger partial charge in [-0.15, -0.1) is 0 Å². The molecule has 0 radical (unpaired) electrons. The number of carbonyl (C=O) groups excluding carboxylic acids is 1. The van der Waals surface area contributed by atoms with E-state index < -0.39 is 11.5 Å². The van der Waals surface area contributed by atoms with Crippen LogP contribution in [0.3, 0.4) is 0 Å². The maximum absolute atomic E-state index is 12.5. The molecule has 2 aliphatic heterocycles. The molecule has 0 saturated carbocycles. The zero-order valence-electron chi connectivity index (χ0n) is 11.4. The number of carboxylic acids is 1. The second-order valence-corrected chi connectivity index (χ2v) is 5.82. The fraction of sp³-hybridized carbons (Fsp3) is 0.500. The number of benzene rings is 1. The standard InChI is InChI=1S/C16H19NO3/c18-14(7-6-12-4-2-1-3-5-12)17-13-8-10-16(17,11-9-13)15(19)20/h1-5,13H,6-11H2,(H,19,20). The fourth-order valence-corrected chi connectivity index (χ4v) is 3.70. The summed E-state index contributed by atoms with van der Waals surface area (Å²) in [6, 6.07) is 10.0. The minimum absolute atomic E-state index is 0.00347. The number of hydrogen-bond acceptors (Lipinski definition) is 2. The summed E-state index contributed by atoms with van der Waals surface area (Å²) in [6.45, 7) is 0. The number of carboxylic acid groups (broad SMARTS) is 1. The fourth-order valence-electron chi connectivity index (χ4n) is 3.70. The third-order valence-corrected chi connectivity index (χ3v) is 4.75. The van der Waals surface area contributed by atoms with Crippen LogP contribution in [0.15, 0.2) is 30.3 Å². The van der Waals surface area contributed by atoms with Gasteiger partial charge in [-0.1, -0.05) is 30.3 Å². The first-order valence-electron chi connectivity index (χ1n) is 7.23. The van der Waals surface area contributed by atoms with E-state index in [4.69, 9.17) is 0 Å². The molecule has 2 aliphatic rings. The molecule has 1 amide bonds. The highest BCUT2D eigenvalue weighted by Crippen LogP contribution is 2.46. The lowest BCUT2D eigenvalue weighted by atomic mass is 9.88. The molecule has 2 saturated heterocycles. The van der Waals surface area contributed by atoms with Crippen LogP contribution in [-0.2, 0) is 16.0 Å². The first kappa shape index (κ1) is 13.2. The van der Waals surface area contributed by atoms with Crippen molar-refractivity contribution in [2.45, 2.75) is 50.1 Å². The first-order chi connectivity index (χ1) is 9.63. The lowest BCUT2D eigenvalue weighted by Gasteiger charge is -2.31. The molecule has 0 aromatic heterocycles. The molecule has 1 aromatic rings. The zero-order valence-corrected chi connectivity index (χ0v) is 11.4. The molecule has 4 nitrogen and oxygen atoms in total. The van der Waals surface area contributed by atoms with Crippen molar-refractivity contribution in [3.8, 4) is 0 Å². The van der Waals surface area contributed by atoms with E-state index >= 15 is 0 Å². The van der Waals surface area contributed by atoms with Gasteiger partial charge in [0.25, 0.3) is 0 Å². The average molecular weight is 273 g/mol. The maximum Gasteiger partial charge on any atom is 0.329 e. The van der Waals surface area contributed by atoms with E-state index in [1.807, 2.05) is 30.3 Å². The highest BCUT2D eigenvalue weighted by Gasteiger charge is 2.58. The SMILES string of the molecule is O=C(CCc1ccccc1)N1C2CCC1(C(=O)O)CC2. The number of nitrogens with zero attached hydrogens (tertiary/aromatic N) is 1. The summed E-state index contributed by atoms with van der Waals surface area (Å²) in [5.74, 6) is -0.832. The molecule has 0 spiro atoms. The van der Waals surface area contributed by atoms with Crippen molar-refractivity contribution in [1.29, 1.82) is 0 Å². The van der Waals surface area contributed by atoms with Crippen molar-refractivity contribution >= 4 is 11.9 Å². The van der Waals surface area contributed by atoms with Gasteiger partial charge in [0.05, 0.1) is 0 Å². The molecular weight excluding hydrogens is 254 g/mol. The second kappa shape index (κ2) is 4.93. The highest BCUT2D eigenvalue weighted by molar-refractivity contribution is 5.89. The minimum atomic E-state index is -0.904. The third kappa shape index (κ3) is 1.99. The van der Waals surface area contributed by atoms with Gasteiger partial charge in [0, 0.05) is 12.5 Å². The van der Waals surface area contributed by atoms with Crippen LogP contribution in [0.1, 0.15) is 37.7 Å². The molecule has 0 aliphatic carbocycles. The van der Waals surface area contributed by atoms with Gasteiger partial charge in [0.2, 0.25) is 5.91 Å². The van der Waals surface area contributed by atoms with Crippen LogP contribution in [0.2, 0.25) is 0 Å². The average Bonchev–Trinajstić information content (AvgIpc) is 3.03. The number of rotatable bonds is 4. The number of aryl methyl sites for hydroxylation is 1. The van der Waals surface area contributed by atoms with Crippen molar-refractivity contribution in [3.63, 3.8) is 0 Å². The molecule has 20 heavy (non-hydrogen) atoms. The van der Waals surface area contributed by atoms with Gasteiger partial charge in [-0.3, -0.25) is 4.79 Å². The van der Waals surface area contributed by atoms with Crippen molar-refractivity contribution in [2.24, 2.45) is 0 Å². The van der Waals surface area contributed by atoms with Crippen LogP contribution in [0.25, 0.3) is 0 Å². The molecule has 1 N–H and O–H groups in total. The predicted molar refractivity (Wildman–Crippen MR) is 74.2 cm³/mol. The lowest BCUT2D eigenvalue weighted by molar-refractivity contribution is -0.155. The largest absolute Gasteiger partial charge is 0.479 e. The van der Waals surface area contributed by atoms with Crippen LogP contribution in [0, 0.1) is 0 Å². The minimum Gasteiger partial charge on any atom is -0.479 e. The van der Waals surface area contributed by atoms with Crippen LogP contribution in [0.5, 0.6) is 0 Å². The zero-order chi connectivity index (χ0) is 14.2. The normalized spacial score (nSPS) is 27.8. The quantitative estimate of drug-likeness (QED) is 0.915. The van der Waals surface area contributed by atoms with E-state index in [0.29, 0.717) is 25.7 Å². The van der Waals surface area contributed by atoms with E-state index in [-0.39, 0.29) is 11.9 Å². The van der Waals surface area contributed by atoms with Gasteiger partial charge in [0.1, 0.15) is 5.54 Å². The van der Waals surface area contributed by atoms with E-state index in [9.17, 15) is 14.7 Å². The Morgan fingerprint density at radius 3 is 2.45 bits per heavy atom. The molecule has 4 heteroatoms. The van der Waals surface area contributed by atoms with Crippen LogP contribution < -0.4 is 0 Å². The van der Waals surface area contributed by atoms with Crippen LogP contribution >= 0.6 is 0 Å². The summed E-state index contributed by atoms with van der Waals surface area (Å²) in [4.78, 5) is 25.7. The summed E-state index contributed by atoms with van der Waals surface area (Å²) in [7, 11) is 0. The molecule has 1 aromatic carbocycles. The molecule has 2 fully saturated rings. The van der Waals surface area contributed by atoms with E-state index in [0.717, 1.165) is 18.4 Å². The van der Waals surface area contributed by atoms with Crippen molar-refractivity contribution in [1.82, 2.24) is 4.90 Å². The number of amides is 1. The Balaban J connectivity index is 1.70. The molecule has 0 unspecified atom stereocenters. The van der Waals surface area contributed by atoms with Crippen LogP contribution in [0.4, 0.5) is 0 Å². The smallest absolute Gasteiger partial charge is 0.329 e. The van der Waals surface area contributed by atoms with Crippen molar-refractivity contribution < 1.29 is 14.7 Å². The van der Waals surface area contributed by atoms with Gasteiger partial charge in [-0.25, -0.2) is 4.79 Å². The van der Waals surface area contributed by atoms with Gasteiger partial charge in [0.15, 0.2) is 0 Å². The number of carbonyl (C=O) groups is 2. The molecule has 2 bridgehead atoms. The summed E-state index contributed by atoms with van der Waals surface area (Å²) in [6.07, 6.45) is 3.98. The molecule has 3 rings (SSSR count). The van der Waals surface area contributed by atoms with E-state index in [1.54, 1.807) is 4.90 Å². The monoisotopic (exact) mass is 273 g/mol. The summed E-state index contributed by atoms with van der Waals surface area (Å²) < 4.78 is 0. The second-order valence-electron chi connectivity index (χ2n) is 5.82. The number of hydrogen-bond donors (Lipinski definition) is 1. The summed E-state index contributed by atoms with van der Waals surface area (Å²) >= 11 is 0. The third-order valence-electron chi connectivity index (χ3n) is 4.75. The van der Waals surface area contributed by atoms with Crippen LogP contribution in [-0.4, -0.2) is 33.5 Å². The molecule has 2 heterocycles. The summed E-state index contributed by atoms with van der Waals surface area (Å²) in [5.41, 5.74) is 0.218. The first-order valence-corrected chi connectivity index (χ1v) is 7.23. The van der Waals surface area contributed by atoms with Crippen molar-refractivity contribution in [2.75, 3.05) is 0 Å². The molecule has 106 valence electrons. The Kier molecular flexibility index (Phi) is 3.24. The number of fused-ring (bicyclic) bond motifs is 2. The van der Waals surface area contributed by atoms with E-state index in [1.165, 1.54) is 0 Å². The lowest BCUT2D eigenvalue weighted by Crippen LogP contribution is -2.50.